The van der Waals surface area contributed by atoms with Crippen molar-refractivity contribution in [1.82, 2.24) is 5.32 Å². The Morgan fingerprint density at radius 2 is 1.95 bits per heavy atom. The first-order valence-corrected chi connectivity index (χ1v) is 7.29. The number of nitrogens with two attached hydrogens (primary N) is 1. The Bertz CT molecular complexity index is 401. The van der Waals surface area contributed by atoms with Gasteiger partial charge < -0.3 is 16.2 Å². The number of halogens is 1. The van der Waals surface area contributed by atoms with E-state index in [1.807, 2.05) is 44.2 Å². The summed E-state index contributed by atoms with van der Waals surface area (Å²) < 4.78 is 0. The molecule has 21 heavy (non-hydrogen) atoms. The molecule has 1 rings (SSSR count). The van der Waals surface area contributed by atoms with E-state index in [0.29, 0.717) is 13.0 Å². The Labute approximate surface area is 133 Å². The average Bonchev–Trinajstić information content (AvgIpc) is 2.50. The summed E-state index contributed by atoms with van der Waals surface area (Å²) in [4.78, 5) is 12.0. The zero-order valence-electron chi connectivity index (χ0n) is 12.8. The second-order valence-electron chi connectivity index (χ2n) is 5.28. The largest absolute Gasteiger partial charge is 0.396 e. The lowest BCUT2D eigenvalue weighted by molar-refractivity contribution is -0.123. The number of aliphatic hydroxyl groups excluding tert-OH is 1. The van der Waals surface area contributed by atoms with E-state index in [2.05, 4.69) is 5.32 Å². The Balaban J connectivity index is 0.00000400. The van der Waals surface area contributed by atoms with Gasteiger partial charge in [0.05, 0.1) is 6.04 Å². The van der Waals surface area contributed by atoms with Crippen molar-refractivity contribution in [1.29, 1.82) is 0 Å². The third-order valence-corrected chi connectivity index (χ3v) is 3.83. The van der Waals surface area contributed by atoms with Crippen LogP contribution in [0.25, 0.3) is 0 Å². The van der Waals surface area contributed by atoms with Crippen LogP contribution in [-0.4, -0.2) is 30.2 Å². The normalized spacial score (nSPS) is 14.7. The van der Waals surface area contributed by atoms with Gasteiger partial charge in [0.1, 0.15) is 0 Å². The number of aliphatic hydroxyl groups is 1. The minimum absolute atomic E-state index is 0. The molecule has 1 aromatic carbocycles. The predicted molar refractivity (Wildman–Crippen MR) is 88.6 cm³/mol. The minimum Gasteiger partial charge on any atom is -0.396 e. The van der Waals surface area contributed by atoms with E-state index in [1.165, 1.54) is 0 Å². The van der Waals surface area contributed by atoms with Crippen molar-refractivity contribution in [3.05, 3.63) is 35.9 Å². The monoisotopic (exact) mass is 314 g/mol. The molecule has 0 aliphatic heterocycles. The van der Waals surface area contributed by atoms with Crippen LogP contribution in [0, 0.1) is 5.92 Å². The van der Waals surface area contributed by atoms with Gasteiger partial charge in [-0.3, -0.25) is 4.79 Å². The molecule has 0 spiro atoms. The highest BCUT2D eigenvalue weighted by Gasteiger charge is 2.20. The zero-order valence-corrected chi connectivity index (χ0v) is 13.6. The molecule has 0 aromatic heterocycles. The summed E-state index contributed by atoms with van der Waals surface area (Å²) in [5, 5.41) is 12.1. The summed E-state index contributed by atoms with van der Waals surface area (Å²) >= 11 is 0. The van der Waals surface area contributed by atoms with Crippen LogP contribution in [0.15, 0.2) is 30.3 Å². The van der Waals surface area contributed by atoms with Crippen LogP contribution < -0.4 is 11.1 Å². The fourth-order valence-corrected chi connectivity index (χ4v) is 2.12. The van der Waals surface area contributed by atoms with Crippen LogP contribution >= 0.6 is 12.4 Å². The third-order valence-electron chi connectivity index (χ3n) is 3.83. The Morgan fingerprint density at radius 1 is 1.33 bits per heavy atom. The number of nitrogens with one attached hydrogen (secondary N) is 1. The molecule has 0 fully saturated rings. The third kappa shape index (κ3) is 6.46. The van der Waals surface area contributed by atoms with Gasteiger partial charge in [0.2, 0.25) is 5.91 Å². The maximum atomic E-state index is 12.0. The quantitative estimate of drug-likeness (QED) is 0.687. The summed E-state index contributed by atoms with van der Waals surface area (Å²) in [7, 11) is 0. The van der Waals surface area contributed by atoms with Crippen LogP contribution in [0.4, 0.5) is 0 Å². The van der Waals surface area contributed by atoms with E-state index in [1.54, 1.807) is 0 Å². The molecule has 0 radical (unpaired) electrons. The lowest BCUT2D eigenvalue weighted by Crippen LogP contribution is -2.45. The lowest BCUT2D eigenvalue weighted by atomic mass is 9.95. The number of benzene rings is 1. The fraction of sp³-hybridized carbons (Fsp3) is 0.562. The second kappa shape index (κ2) is 10.6. The minimum atomic E-state index is -0.467. The topological polar surface area (TPSA) is 75.4 Å². The van der Waals surface area contributed by atoms with E-state index in [-0.39, 0.29) is 36.8 Å². The summed E-state index contributed by atoms with van der Waals surface area (Å²) in [5.41, 5.74) is 7.03. The van der Waals surface area contributed by atoms with Crippen LogP contribution in [-0.2, 0) is 4.79 Å². The molecule has 0 heterocycles. The first kappa shape index (κ1) is 19.9. The SMILES string of the molecule is CCC(C)C(N)C(=O)NCC(CCO)c1ccccc1.Cl. The molecule has 3 atom stereocenters. The van der Waals surface area contributed by atoms with E-state index in [4.69, 9.17) is 10.8 Å². The van der Waals surface area contributed by atoms with Crippen LogP contribution in [0.1, 0.15) is 38.2 Å². The highest BCUT2D eigenvalue weighted by atomic mass is 35.5. The Kier molecular flexibility index (Phi) is 10.0. The van der Waals surface area contributed by atoms with Crippen LogP contribution in [0.3, 0.4) is 0 Å². The highest BCUT2D eigenvalue weighted by molar-refractivity contribution is 5.85. The van der Waals surface area contributed by atoms with Crippen molar-refractivity contribution in [3.8, 4) is 0 Å². The molecular formula is C16H27ClN2O2. The standard InChI is InChI=1S/C16H26N2O2.ClH/c1-3-12(2)15(17)16(20)18-11-14(9-10-19)13-7-5-4-6-8-13;/h4-8,12,14-15,19H,3,9-11,17H2,1-2H3,(H,18,20);1H. The van der Waals surface area contributed by atoms with Gasteiger partial charge in [-0.05, 0) is 17.9 Å². The Morgan fingerprint density at radius 3 is 2.48 bits per heavy atom. The maximum Gasteiger partial charge on any atom is 0.237 e. The maximum absolute atomic E-state index is 12.0. The second-order valence-corrected chi connectivity index (χ2v) is 5.28. The van der Waals surface area contributed by atoms with Gasteiger partial charge in [-0.25, -0.2) is 0 Å². The molecule has 0 aliphatic carbocycles. The number of rotatable bonds is 8. The summed E-state index contributed by atoms with van der Waals surface area (Å²) in [6.45, 7) is 4.61. The van der Waals surface area contributed by atoms with E-state index >= 15 is 0 Å². The molecule has 4 nitrogen and oxygen atoms in total. The Hall–Kier alpha value is -1.10. The zero-order chi connectivity index (χ0) is 15.0. The van der Waals surface area contributed by atoms with Crippen molar-refractivity contribution in [3.63, 3.8) is 0 Å². The van der Waals surface area contributed by atoms with Gasteiger partial charge in [-0.2, -0.15) is 0 Å². The van der Waals surface area contributed by atoms with Crippen molar-refractivity contribution >= 4 is 18.3 Å². The van der Waals surface area contributed by atoms with Gasteiger partial charge >= 0.3 is 0 Å². The molecule has 120 valence electrons. The van der Waals surface area contributed by atoms with Crippen molar-refractivity contribution in [2.75, 3.05) is 13.2 Å². The molecule has 1 aromatic rings. The van der Waals surface area contributed by atoms with Gasteiger partial charge in [0, 0.05) is 19.1 Å². The first-order valence-electron chi connectivity index (χ1n) is 7.29. The molecule has 0 aliphatic rings. The molecule has 1 amide bonds. The van der Waals surface area contributed by atoms with Gasteiger partial charge in [0.25, 0.3) is 0 Å². The molecule has 0 saturated carbocycles. The summed E-state index contributed by atoms with van der Waals surface area (Å²) in [5.74, 6) is 0.176. The fourth-order valence-electron chi connectivity index (χ4n) is 2.12. The average molecular weight is 315 g/mol. The number of amides is 1. The number of hydrogen-bond acceptors (Lipinski definition) is 3. The number of carbonyl (C=O) groups excluding carboxylic acids is 1. The summed E-state index contributed by atoms with van der Waals surface area (Å²) in [6, 6.07) is 9.45. The smallest absolute Gasteiger partial charge is 0.237 e. The molecule has 0 saturated heterocycles. The van der Waals surface area contributed by atoms with Gasteiger partial charge in [-0.1, -0.05) is 50.6 Å². The van der Waals surface area contributed by atoms with E-state index in [0.717, 1.165) is 12.0 Å². The molecule has 3 unspecified atom stereocenters. The van der Waals surface area contributed by atoms with Gasteiger partial charge in [-0.15, -0.1) is 12.4 Å². The number of carbonyl (C=O) groups is 1. The lowest BCUT2D eigenvalue weighted by Gasteiger charge is -2.21. The van der Waals surface area contributed by atoms with E-state index < -0.39 is 6.04 Å². The van der Waals surface area contributed by atoms with Crippen molar-refractivity contribution in [2.24, 2.45) is 11.7 Å². The molecular weight excluding hydrogens is 288 g/mol. The molecule has 5 heteroatoms. The van der Waals surface area contributed by atoms with E-state index in [9.17, 15) is 4.79 Å². The molecule has 4 N–H and O–H groups in total. The molecule has 0 bridgehead atoms. The summed E-state index contributed by atoms with van der Waals surface area (Å²) in [6.07, 6.45) is 1.51. The number of hydrogen-bond donors (Lipinski definition) is 3. The van der Waals surface area contributed by atoms with Crippen LogP contribution in [0.2, 0.25) is 0 Å². The highest BCUT2D eigenvalue weighted by Crippen LogP contribution is 2.18. The van der Waals surface area contributed by atoms with Crippen molar-refractivity contribution < 1.29 is 9.90 Å². The first-order chi connectivity index (χ1) is 9.60. The van der Waals surface area contributed by atoms with Crippen LogP contribution in [0.5, 0.6) is 0 Å². The predicted octanol–water partition coefficient (Wildman–Crippen LogP) is 2.06. The van der Waals surface area contributed by atoms with Crippen molar-refractivity contribution in [2.45, 2.75) is 38.6 Å². The van der Waals surface area contributed by atoms with Gasteiger partial charge in [0.15, 0.2) is 0 Å².